The summed E-state index contributed by atoms with van der Waals surface area (Å²) in [5.41, 5.74) is 2.84. The van der Waals surface area contributed by atoms with Crippen LogP contribution in [0.25, 0.3) is 0 Å². The lowest BCUT2D eigenvalue weighted by Gasteiger charge is -2.29. The van der Waals surface area contributed by atoms with E-state index in [1.165, 1.54) is 0 Å². The van der Waals surface area contributed by atoms with E-state index >= 15 is 0 Å². The van der Waals surface area contributed by atoms with Crippen molar-refractivity contribution in [2.75, 3.05) is 25.6 Å². The number of hydrogen-bond donors (Lipinski definition) is 2. The highest BCUT2D eigenvalue weighted by molar-refractivity contribution is 5.95. The molecule has 1 aliphatic heterocycles. The Morgan fingerprint density at radius 3 is 2.64 bits per heavy atom. The van der Waals surface area contributed by atoms with Crippen molar-refractivity contribution in [3.63, 3.8) is 0 Å². The first-order valence-electron chi connectivity index (χ1n) is 9.11. The fourth-order valence-corrected chi connectivity index (χ4v) is 2.99. The lowest BCUT2D eigenvalue weighted by molar-refractivity contribution is -0.123. The summed E-state index contributed by atoms with van der Waals surface area (Å²) >= 11 is 0. The van der Waals surface area contributed by atoms with Crippen LogP contribution in [-0.2, 0) is 27.5 Å². The average Bonchev–Trinajstić information content (AvgIpc) is 2.69. The molecule has 1 aliphatic rings. The maximum Gasteiger partial charge on any atom is 0.244 e. The predicted octanol–water partition coefficient (Wildman–Crippen LogP) is 3.15. The third-order valence-electron chi connectivity index (χ3n) is 4.49. The summed E-state index contributed by atoms with van der Waals surface area (Å²) < 4.78 is 16.5. The summed E-state index contributed by atoms with van der Waals surface area (Å²) in [6, 6.07) is 15.2. The Hall–Kier alpha value is -2.12. The van der Waals surface area contributed by atoms with Gasteiger partial charge in [0.1, 0.15) is 11.8 Å². The zero-order chi connectivity index (χ0) is 19.1. The van der Waals surface area contributed by atoms with Gasteiger partial charge in [-0.05, 0) is 42.3 Å². The second kappa shape index (κ2) is 11.0. The fourth-order valence-electron chi connectivity index (χ4n) is 2.99. The van der Waals surface area contributed by atoms with Crippen LogP contribution in [0.4, 0.5) is 5.69 Å². The second-order valence-corrected chi connectivity index (χ2v) is 6.54. The number of carbonyl (C=O) groups excluding carboxylic acids is 1. The molecular weight excluding hydrogens is 380 g/mol. The summed E-state index contributed by atoms with van der Waals surface area (Å²) in [6.07, 6.45) is -0.144. The monoisotopic (exact) mass is 406 g/mol. The number of benzene rings is 2. The van der Waals surface area contributed by atoms with E-state index < -0.39 is 0 Å². The highest BCUT2D eigenvalue weighted by atomic mass is 35.5. The summed E-state index contributed by atoms with van der Waals surface area (Å²) in [5.74, 6) is 0.743. The standard InChI is InChI=1S/C21H26N2O4.ClH/c1-15-20(22-10-11-27-15)21(24)23-18-5-3-4-17(12-18)14-26-13-16-6-8-19(25-2)9-7-16;/h3-9,12,15,20,22H,10-11,13-14H2,1-2H3,(H,23,24);1H/t15-,20+;/m1./s1. The van der Waals surface area contributed by atoms with Gasteiger partial charge in [-0.1, -0.05) is 24.3 Å². The van der Waals surface area contributed by atoms with Gasteiger partial charge in [0.05, 0.1) is 33.0 Å². The first kappa shape index (κ1) is 22.2. The van der Waals surface area contributed by atoms with Crippen LogP contribution in [0.3, 0.4) is 0 Å². The number of methoxy groups -OCH3 is 1. The molecule has 0 spiro atoms. The van der Waals surface area contributed by atoms with Crippen molar-refractivity contribution in [2.45, 2.75) is 32.3 Å². The number of ether oxygens (including phenoxy) is 3. The van der Waals surface area contributed by atoms with Crippen molar-refractivity contribution in [1.82, 2.24) is 5.32 Å². The third-order valence-corrected chi connectivity index (χ3v) is 4.49. The van der Waals surface area contributed by atoms with Crippen LogP contribution in [0.5, 0.6) is 5.75 Å². The van der Waals surface area contributed by atoms with E-state index in [0.29, 0.717) is 26.4 Å². The van der Waals surface area contributed by atoms with E-state index in [0.717, 1.165) is 22.6 Å². The number of rotatable bonds is 7. The second-order valence-electron chi connectivity index (χ2n) is 6.54. The SMILES string of the molecule is COc1ccc(COCc2cccc(NC(=O)[C@H]3NCCO[C@@H]3C)c2)cc1.Cl. The van der Waals surface area contributed by atoms with Gasteiger partial charge in [0.2, 0.25) is 5.91 Å². The highest BCUT2D eigenvalue weighted by Gasteiger charge is 2.28. The lowest BCUT2D eigenvalue weighted by atomic mass is 10.1. The summed E-state index contributed by atoms with van der Waals surface area (Å²) in [7, 11) is 1.65. The van der Waals surface area contributed by atoms with Crippen LogP contribution in [0.15, 0.2) is 48.5 Å². The summed E-state index contributed by atoms with van der Waals surface area (Å²) in [5, 5.41) is 6.15. The molecule has 0 unspecified atom stereocenters. The van der Waals surface area contributed by atoms with Crippen LogP contribution >= 0.6 is 12.4 Å². The van der Waals surface area contributed by atoms with E-state index in [2.05, 4.69) is 10.6 Å². The average molecular weight is 407 g/mol. The lowest BCUT2D eigenvalue weighted by Crippen LogP contribution is -2.53. The molecule has 28 heavy (non-hydrogen) atoms. The van der Waals surface area contributed by atoms with Crippen LogP contribution < -0.4 is 15.4 Å². The molecule has 7 heteroatoms. The predicted molar refractivity (Wildman–Crippen MR) is 111 cm³/mol. The third kappa shape index (κ3) is 6.21. The molecule has 0 bridgehead atoms. The molecule has 0 aliphatic carbocycles. The molecule has 1 saturated heterocycles. The molecule has 152 valence electrons. The first-order chi connectivity index (χ1) is 13.2. The molecule has 0 aromatic heterocycles. The molecule has 2 aromatic carbocycles. The molecule has 1 heterocycles. The van der Waals surface area contributed by atoms with Gasteiger partial charge in [-0.3, -0.25) is 4.79 Å². The minimum absolute atomic E-state index is 0. The molecule has 2 N–H and O–H groups in total. The van der Waals surface area contributed by atoms with E-state index in [1.54, 1.807) is 7.11 Å². The van der Waals surface area contributed by atoms with Crippen LogP contribution in [0, 0.1) is 0 Å². The molecule has 0 saturated carbocycles. The number of anilines is 1. The topological polar surface area (TPSA) is 68.8 Å². The van der Waals surface area contributed by atoms with Gasteiger partial charge in [-0.25, -0.2) is 0 Å². The smallest absolute Gasteiger partial charge is 0.244 e. The Labute approximate surface area is 172 Å². The highest BCUT2D eigenvalue weighted by Crippen LogP contribution is 2.16. The zero-order valence-corrected chi connectivity index (χ0v) is 17.0. The van der Waals surface area contributed by atoms with Gasteiger partial charge in [-0.2, -0.15) is 0 Å². The Kier molecular flexibility index (Phi) is 8.73. The van der Waals surface area contributed by atoms with Crippen molar-refractivity contribution in [1.29, 1.82) is 0 Å². The number of carbonyl (C=O) groups is 1. The number of nitrogens with one attached hydrogen (secondary N) is 2. The maximum absolute atomic E-state index is 12.4. The quantitative estimate of drug-likeness (QED) is 0.739. The molecule has 3 rings (SSSR count). The molecular formula is C21H27ClN2O4. The molecule has 0 radical (unpaired) electrons. The van der Waals surface area contributed by atoms with Gasteiger partial charge < -0.3 is 24.8 Å². The summed E-state index contributed by atoms with van der Waals surface area (Å²) in [4.78, 5) is 12.4. The van der Waals surface area contributed by atoms with Gasteiger partial charge in [0, 0.05) is 12.2 Å². The minimum Gasteiger partial charge on any atom is -0.497 e. The minimum atomic E-state index is -0.339. The molecule has 1 amide bonds. The molecule has 1 fully saturated rings. The van der Waals surface area contributed by atoms with E-state index in [1.807, 2.05) is 55.5 Å². The Balaban J connectivity index is 0.00000280. The van der Waals surface area contributed by atoms with Crippen LogP contribution in [0.2, 0.25) is 0 Å². The van der Waals surface area contributed by atoms with Crippen molar-refractivity contribution < 1.29 is 19.0 Å². The van der Waals surface area contributed by atoms with Crippen LogP contribution in [0.1, 0.15) is 18.1 Å². The van der Waals surface area contributed by atoms with E-state index in [9.17, 15) is 4.79 Å². The van der Waals surface area contributed by atoms with E-state index in [-0.39, 0.29) is 30.5 Å². The van der Waals surface area contributed by atoms with Crippen molar-refractivity contribution in [3.05, 3.63) is 59.7 Å². The number of morpholine rings is 1. The molecule has 2 aromatic rings. The zero-order valence-electron chi connectivity index (χ0n) is 16.1. The Morgan fingerprint density at radius 2 is 1.93 bits per heavy atom. The number of hydrogen-bond acceptors (Lipinski definition) is 5. The van der Waals surface area contributed by atoms with Crippen molar-refractivity contribution in [3.8, 4) is 5.75 Å². The molecule has 2 atom stereocenters. The van der Waals surface area contributed by atoms with Crippen molar-refractivity contribution in [2.24, 2.45) is 0 Å². The number of halogens is 1. The van der Waals surface area contributed by atoms with Crippen molar-refractivity contribution >= 4 is 24.0 Å². The van der Waals surface area contributed by atoms with E-state index in [4.69, 9.17) is 14.2 Å². The first-order valence-corrected chi connectivity index (χ1v) is 9.11. The van der Waals surface area contributed by atoms with Gasteiger partial charge in [0.25, 0.3) is 0 Å². The fraction of sp³-hybridized carbons (Fsp3) is 0.381. The van der Waals surface area contributed by atoms with Gasteiger partial charge >= 0.3 is 0 Å². The Bertz CT molecular complexity index is 754. The maximum atomic E-state index is 12.4. The van der Waals surface area contributed by atoms with Crippen LogP contribution in [-0.4, -0.2) is 38.3 Å². The molecule has 6 nitrogen and oxygen atoms in total. The van der Waals surface area contributed by atoms with Gasteiger partial charge in [0.15, 0.2) is 0 Å². The summed E-state index contributed by atoms with van der Waals surface area (Å²) in [6.45, 7) is 4.20. The number of amides is 1. The Morgan fingerprint density at radius 1 is 1.18 bits per heavy atom. The largest absolute Gasteiger partial charge is 0.497 e. The van der Waals surface area contributed by atoms with Gasteiger partial charge in [-0.15, -0.1) is 12.4 Å². The normalized spacial score (nSPS) is 18.8.